The van der Waals surface area contributed by atoms with Gasteiger partial charge in [0.2, 0.25) is 0 Å². The fourth-order valence-electron chi connectivity index (χ4n) is 1.83. The Morgan fingerprint density at radius 3 is 3.15 bits per heavy atom. The predicted molar refractivity (Wildman–Crippen MR) is 78.4 cm³/mol. The number of fused-ring (bicyclic) bond motifs is 1. The highest BCUT2D eigenvalue weighted by Gasteiger charge is 2.09. The molecular weight excluding hydrogens is 346 g/mol. The molecule has 6 nitrogen and oxygen atoms in total. The van der Waals surface area contributed by atoms with Crippen molar-refractivity contribution in [2.24, 2.45) is 0 Å². The van der Waals surface area contributed by atoms with E-state index in [1.54, 1.807) is 22.8 Å². The minimum absolute atomic E-state index is 0.369. The third kappa shape index (κ3) is 2.54. The van der Waals surface area contributed by atoms with Crippen LogP contribution in [0.5, 0.6) is 0 Å². The Morgan fingerprint density at radius 2 is 2.35 bits per heavy atom. The molecule has 0 aliphatic rings. The number of pyridine rings is 1. The highest BCUT2D eigenvalue weighted by molar-refractivity contribution is 9.10. The van der Waals surface area contributed by atoms with E-state index < -0.39 is 0 Å². The van der Waals surface area contributed by atoms with Gasteiger partial charge in [0.15, 0.2) is 18.0 Å². The van der Waals surface area contributed by atoms with Gasteiger partial charge in [-0.1, -0.05) is 11.6 Å². The summed E-state index contributed by atoms with van der Waals surface area (Å²) in [6.07, 6.45) is 4.60. The average molecular weight is 355 g/mol. The zero-order valence-electron chi connectivity index (χ0n) is 10.1. The second kappa shape index (κ2) is 5.26. The smallest absolute Gasteiger partial charge is 0.185 e. The molecule has 0 atom stereocenters. The van der Waals surface area contributed by atoms with Crippen molar-refractivity contribution < 1.29 is 4.73 Å². The minimum Gasteiger partial charge on any atom is -0.619 e. The van der Waals surface area contributed by atoms with Crippen molar-refractivity contribution in [3.05, 3.63) is 57.2 Å². The molecule has 0 radical (unpaired) electrons. The Labute approximate surface area is 127 Å². The topological polar surface area (TPSA) is 69.2 Å². The van der Waals surface area contributed by atoms with Gasteiger partial charge in [0.05, 0.1) is 10.7 Å². The molecule has 1 N–H and O–H groups in total. The number of hydrogen-bond donors (Lipinski definition) is 1. The summed E-state index contributed by atoms with van der Waals surface area (Å²) in [5.41, 5.74) is 1.49. The molecule has 0 spiro atoms. The van der Waals surface area contributed by atoms with Crippen LogP contribution in [0.1, 0.15) is 5.56 Å². The third-order valence-electron chi connectivity index (χ3n) is 2.71. The van der Waals surface area contributed by atoms with E-state index in [9.17, 15) is 5.21 Å². The molecule has 0 saturated carbocycles. The molecule has 20 heavy (non-hydrogen) atoms. The first-order valence-corrected chi connectivity index (χ1v) is 6.92. The lowest BCUT2D eigenvalue weighted by Crippen LogP contribution is -2.25. The van der Waals surface area contributed by atoms with E-state index in [2.05, 4.69) is 31.3 Å². The van der Waals surface area contributed by atoms with Crippen LogP contribution in [0, 0.1) is 5.21 Å². The number of nitrogens with one attached hydrogen (secondary N) is 1. The van der Waals surface area contributed by atoms with Gasteiger partial charge in [-0.3, -0.25) is 0 Å². The number of rotatable bonds is 3. The summed E-state index contributed by atoms with van der Waals surface area (Å²) in [7, 11) is 0. The molecule has 3 rings (SSSR count). The third-order valence-corrected chi connectivity index (χ3v) is 3.46. The number of anilines is 1. The van der Waals surface area contributed by atoms with Crippen LogP contribution in [0.3, 0.4) is 0 Å². The lowest BCUT2D eigenvalue weighted by molar-refractivity contribution is -0.605. The molecule has 0 saturated heterocycles. The summed E-state index contributed by atoms with van der Waals surface area (Å²) in [4.78, 5) is 4.19. The van der Waals surface area contributed by atoms with Crippen LogP contribution in [0.25, 0.3) is 5.65 Å². The van der Waals surface area contributed by atoms with Crippen molar-refractivity contribution in [3.8, 4) is 0 Å². The number of hydrogen-bond acceptors (Lipinski definition) is 4. The van der Waals surface area contributed by atoms with Gasteiger partial charge in [-0.15, -0.1) is 0 Å². The van der Waals surface area contributed by atoms with Crippen molar-refractivity contribution in [1.29, 1.82) is 0 Å². The van der Waals surface area contributed by atoms with Gasteiger partial charge >= 0.3 is 0 Å². The van der Waals surface area contributed by atoms with E-state index in [1.807, 2.05) is 6.07 Å². The van der Waals surface area contributed by atoms with Gasteiger partial charge < -0.3 is 10.5 Å². The molecule has 0 bridgehead atoms. The first-order valence-electron chi connectivity index (χ1n) is 5.75. The Bertz CT molecular complexity index is 776. The fraction of sp³-hybridized carbons (Fsp3) is 0.0833. The van der Waals surface area contributed by atoms with Crippen molar-refractivity contribution in [1.82, 2.24) is 14.6 Å². The highest BCUT2D eigenvalue weighted by Crippen LogP contribution is 2.22. The summed E-state index contributed by atoms with van der Waals surface area (Å²) in [5, 5.41) is 19.0. The van der Waals surface area contributed by atoms with Crippen molar-refractivity contribution in [2.75, 3.05) is 5.32 Å². The van der Waals surface area contributed by atoms with E-state index in [4.69, 9.17) is 11.6 Å². The van der Waals surface area contributed by atoms with Crippen LogP contribution in [0.15, 0.2) is 41.3 Å². The SMILES string of the molecule is [O-][n+]1cccc(CNc2cc(Cl)nc3c(Br)cnn23)c1. The van der Waals surface area contributed by atoms with Crippen molar-refractivity contribution in [2.45, 2.75) is 6.54 Å². The lowest BCUT2D eigenvalue weighted by Gasteiger charge is -2.08. The van der Waals surface area contributed by atoms with E-state index >= 15 is 0 Å². The highest BCUT2D eigenvalue weighted by atomic mass is 79.9. The quantitative estimate of drug-likeness (QED) is 0.445. The summed E-state index contributed by atoms with van der Waals surface area (Å²) < 4.78 is 3.17. The van der Waals surface area contributed by atoms with Crippen LogP contribution in [0.2, 0.25) is 5.15 Å². The van der Waals surface area contributed by atoms with Gasteiger partial charge in [-0.25, -0.2) is 4.98 Å². The van der Waals surface area contributed by atoms with E-state index in [1.165, 1.54) is 12.4 Å². The van der Waals surface area contributed by atoms with Gasteiger partial charge in [0.1, 0.15) is 11.0 Å². The maximum Gasteiger partial charge on any atom is 0.185 e. The molecule has 0 aromatic carbocycles. The van der Waals surface area contributed by atoms with E-state index in [0.717, 1.165) is 14.8 Å². The van der Waals surface area contributed by atoms with Crippen LogP contribution in [-0.4, -0.2) is 14.6 Å². The normalized spacial score (nSPS) is 10.9. The molecule has 3 aromatic heterocycles. The van der Waals surface area contributed by atoms with Crippen LogP contribution >= 0.6 is 27.5 Å². The maximum absolute atomic E-state index is 11.2. The molecule has 8 heteroatoms. The van der Waals surface area contributed by atoms with Gasteiger partial charge in [0, 0.05) is 24.2 Å². The van der Waals surface area contributed by atoms with Gasteiger partial charge in [-0.2, -0.15) is 14.3 Å². The Kier molecular flexibility index (Phi) is 3.45. The number of nitrogens with zero attached hydrogens (tertiary/aromatic N) is 4. The summed E-state index contributed by atoms with van der Waals surface area (Å²) in [6.45, 7) is 0.482. The summed E-state index contributed by atoms with van der Waals surface area (Å²) >= 11 is 9.36. The standard InChI is InChI=1S/C12H9BrClN5O/c13-9-6-16-19-11(4-10(14)17-12(9)19)15-5-8-2-1-3-18(20)7-8/h1-4,6-7,15H,5H2. The molecular formula is C12H9BrClN5O. The van der Waals surface area contributed by atoms with Gasteiger partial charge in [0.25, 0.3) is 0 Å². The fourth-order valence-corrected chi connectivity index (χ4v) is 2.36. The summed E-state index contributed by atoms with van der Waals surface area (Å²) in [5.74, 6) is 0.701. The number of aromatic nitrogens is 4. The maximum atomic E-state index is 11.2. The minimum atomic E-state index is 0.369. The molecule has 0 amide bonds. The molecule has 3 aromatic rings. The predicted octanol–water partition coefficient (Wildman–Crippen LogP) is 2.39. The zero-order valence-corrected chi connectivity index (χ0v) is 12.5. The van der Waals surface area contributed by atoms with Crippen LogP contribution in [-0.2, 0) is 6.54 Å². The molecule has 0 aliphatic carbocycles. The van der Waals surface area contributed by atoms with E-state index in [0.29, 0.717) is 23.2 Å². The largest absolute Gasteiger partial charge is 0.619 e. The zero-order chi connectivity index (χ0) is 14.1. The molecule has 0 unspecified atom stereocenters. The number of halogens is 2. The van der Waals surface area contributed by atoms with Crippen molar-refractivity contribution >= 4 is 39.0 Å². The van der Waals surface area contributed by atoms with E-state index in [-0.39, 0.29) is 0 Å². The first-order chi connectivity index (χ1) is 9.63. The van der Waals surface area contributed by atoms with Crippen LogP contribution < -0.4 is 10.0 Å². The summed E-state index contributed by atoms with van der Waals surface area (Å²) in [6, 6.07) is 5.24. The molecule has 0 aliphatic heterocycles. The van der Waals surface area contributed by atoms with Crippen LogP contribution in [0.4, 0.5) is 5.82 Å². The molecule has 0 fully saturated rings. The lowest BCUT2D eigenvalue weighted by atomic mass is 10.3. The second-order valence-corrected chi connectivity index (χ2v) is 5.36. The second-order valence-electron chi connectivity index (χ2n) is 4.12. The monoisotopic (exact) mass is 353 g/mol. The molecule has 102 valence electrons. The van der Waals surface area contributed by atoms with Crippen molar-refractivity contribution in [3.63, 3.8) is 0 Å². The van der Waals surface area contributed by atoms with Gasteiger partial charge in [-0.05, 0) is 22.0 Å². The Morgan fingerprint density at radius 1 is 1.50 bits per heavy atom. The first kappa shape index (κ1) is 13.1. The Hall–Kier alpha value is -1.86. The molecule has 3 heterocycles. The average Bonchev–Trinajstić information content (AvgIpc) is 2.78. The Balaban J connectivity index is 1.91.